The van der Waals surface area contributed by atoms with Crippen molar-refractivity contribution in [2.24, 2.45) is 0 Å². The van der Waals surface area contributed by atoms with Crippen LogP contribution in [0.4, 0.5) is 5.82 Å². The average Bonchev–Trinajstić information content (AvgIpc) is 3.05. The maximum absolute atomic E-state index is 10.2. The van der Waals surface area contributed by atoms with E-state index in [9.17, 15) is 10.2 Å². The van der Waals surface area contributed by atoms with Gasteiger partial charge in [0.05, 0.1) is 6.33 Å². The standard InChI is InChI=1S/C11H13N5O5S/c12-9-6-10(14-2-13-9)16(3-15-6)11-8(18)7(17)5(21-11)1-19-20-4-22/h2-5,7-8,11,17-18H,1H2,(H2,12,13,14)/t5-,7-,8-,11-/m1/s1. The number of hydrogen-bond donors (Lipinski definition) is 3. The molecule has 0 amide bonds. The molecule has 0 bridgehead atoms. The summed E-state index contributed by atoms with van der Waals surface area (Å²) >= 11 is 4.43. The summed E-state index contributed by atoms with van der Waals surface area (Å²) in [6, 6.07) is 0. The topological polar surface area (TPSA) is 138 Å². The van der Waals surface area contributed by atoms with E-state index in [4.69, 9.17) is 15.4 Å². The molecule has 1 saturated heterocycles. The van der Waals surface area contributed by atoms with Gasteiger partial charge < -0.3 is 25.6 Å². The van der Waals surface area contributed by atoms with Crippen molar-refractivity contribution in [3.8, 4) is 0 Å². The van der Waals surface area contributed by atoms with Gasteiger partial charge in [0, 0.05) is 0 Å². The van der Waals surface area contributed by atoms with Gasteiger partial charge in [-0.3, -0.25) is 4.57 Å². The van der Waals surface area contributed by atoms with Crippen molar-refractivity contribution >= 4 is 34.8 Å². The fourth-order valence-corrected chi connectivity index (χ4v) is 2.34. The van der Waals surface area contributed by atoms with Crippen LogP contribution >= 0.6 is 12.2 Å². The Labute approximate surface area is 129 Å². The van der Waals surface area contributed by atoms with Crippen LogP contribution in [0.25, 0.3) is 11.2 Å². The summed E-state index contributed by atoms with van der Waals surface area (Å²) in [6.07, 6.45) is -1.37. The third-order valence-corrected chi connectivity index (χ3v) is 3.42. The van der Waals surface area contributed by atoms with E-state index in [1.807, 2.05) is 0 Å². The number of rotatable bonds is 5. The number of anilines is 1. The van der Waals surface area contributed by atoms with Gasteiger partial charge in [-0.2, -0.15) is 4.89 Å². The molecule has 0 saturated carbocycles. The predicted molar refractivity (Wildman–Crippen MR) is 76.4 cm³/mol. The highest BCUT2D eigenvalue weighted by atomic mass is 32.1. The van der Waals surface area contributed by atoms with E-state index in [1.54, 1.807) is 0 Å². The minimum atomic E-state index is -1.20. The predicted octanol–water partition coefficient (Wildman–Crippen LogP) is -1.07. The van der Waals surface area contributed by atoms with Gasteiger partial charge in [-0.05, 0) is 12.2 Å². The van der Waals surface area contributed by atoms with Gasteiger partial charge in [-0.25, -0.2) is 15.0 Å². The summed E-state index contributed by atoms with van der Waals surface area (Å²) in [6.45, 7) is -0.106. The highest BCUT2D eigenvalue weighted by molar-refractivity contribution is 7.78. The van der Waals surface area contributed by atoms with Crippen molar-refractivity contribution in [2.45, 2.75) is 24.5 Å². The Kier molecular flexibility index (Phi) is 4.13. The van der Waals surface area contributed by atoms with Gasteiger partial charge in [-0.15, -0.1) is 0 Å². The molecule has 0 spiro atoms. The van der Waals surface area contributed by atoms with Gasteiger partial charge in [0.25, 0.3) is 0 Å². The molecule has 1 aliphatic heterocycles. The van der Waals surface area contributed by atoms with Gasteiger partial charge in [0.2, 0.25) is 0 Å². The highest BCUT2D eigenvalue weighted by Crippen LogP contribution is 2.31. The lowest BCUT2D eigenvalue weighted by Crippen LogP contribution is -2.33. The fourth-order valence-electron chi connectivity index (χ4n) is 2.29. The van der Waals surface area contributed by atoms with E-state index in [0.717, 1.165) is 5.55 Å². The number of imidazole rings is 1. The van der Waals surface area contributed by atoms with Crippen LogP contribution in [0.5, 0.6) is 0 Å². The molecular formula is C11H13N5O5S. The smallest absolute Gasteiger partial charge is 0.192 e. The minimum absolute atomic E-state index is 0.106. The zero-order chi connectivity index (χ0) is 15.7. The molecule has 0 unspecified atom stereocenters. The van der Waals surface area contributed by atoms with E-state index in [2.05, 4.69) is 32.1 Å². The summed E-state index contributed by atoms with van der Waals surface area (Å²) in [5.41, 5.74) is 7.41. The number of hydrogen-bond acceptors (Lipinski definition) is 10. The minimum Gasteiger partial charge on any atom is -0.387 e. The van der Waals surface area contributed by atoms with Gasteiger partial charge in [0.1, 0.15) is 36.8 Å². The molecule has 10 nitrogen and oxygen atoms in total. The second kappa shape index (κ2) is 6.06. The van der Waals surface area contributed by atoms with Gasteiger partial charge in [-0.1, -0.05) is 0 Å². The number of aromatic nitrogens is 4. The van der Waals surface area contributed by atoms with Crippen LogP contribution in [0.15, 0.2) is 12.7 Å². The molecule has 118 valence electrons. The molecule has 1 fully saturated rings. The first-order valence-electron chi connectivity index (χ1n) is 6.30. The number of aliphatic hydroxyl groups is 2. The quantitative estimate of drug-likeness (QED) is 0.269. The molecule has 4 atom stereocenters. The van der Waals surface area contributed by atoms with E-state index in [-0.39, 0.29) is 12.4 Å². The first kappa shape index (κ1) is 15.0. The monoisotopic (exact) mass is 327 g/mol. The van der Waals surface area contributed by atoms with Crippen molar-refractivity contribution in [3.05, 3.63) is 12.7 Å². The Morgan fingerprint density at radius 2 is 2.18 bits per heavy atom. The second-order valence-corrected chi connectivity index (χ2v) is 4.80. The van der Waals surface area contributed by atoms with Crippen LogP contribution in [0.3, 0.4) is 0 Å². The summed E-state index contributed by atoms with van der Waals surface area (Å²) < 4.78 is 7.07. The first-order valence-corrected chi connectivity index (χ1v) is 6.77. The number of aliphatic hydroxyl groups excluding tert-OH is 2. The molecule has 2 aromatic heterocycles. The van der Waals surface area contributed by atoms with Crippen molar-refractivity contribution < 1.29 is 24.7 Å². The molecule has 22 heavy (non-hydrogen) atoms. The van der Waals surface area contributed by atoms with Gasteiger partial charge in [0.15, 0.2) is 23.2 Å². The van der Waals surface area contributed by atoms with E-state index >= 15 is 0 Å². The molecule has 2 aromatic rings. The maximum Gasteiger partial charge on any atom is 0.192 e. The Hall–Kier alpha value is -1.92. The normalized spacial score (nSPS) is 28.1. The summed E-state index contributed by atoms with van der Waals surface area (Å²) in [5, 5.41) is 20.2. The van der Waals surface area contributed by atoms with E-state index < -0.39 is 24.5 Å². The number of nitrogen functional groups attached to an aromatic ring is 1. The SMILES string of the molecule is Nc1ncnc2c1ncn2[C@@H]1O[C@H](COOC=S)[C@@H](O)[C@H]1O. The Morgan fingerprint density at radius 1 is 1.36 bits per heavy atom. The van der Waals surface area contributed by atoms with Gasteiger partial charge >= 0.3 is 0 Å². The van der Waals surface area contributed by atoms with Crippen LogP contribution in [0.2, 0.25) is 0 Å². The zero-order valence-electron chi connectivity index (χ0n) is 11.1. The molecule has 3 rings (SSSR count). The van der Waals surface area contributed by atoms with E-state index in [1.165, 1.54) is 17.2 Å². The summed E-state index contributed by atoms with van der Waals surface area (Å²) in [5.74, 6) is 0.214. The lowest BCUT2D eigenvalue weighted by molar-refractivity contribution is -0.240. The van der Waals surface area contributed by atoms with Crippen LogP contribution in [0.1, 0.15) is 6.23 Å². The lowest BCUT2D eigenvalue weighted by atomic mass is 10.1. The van der Waals surface area contributed by atoms with Crippen LogP contribution < -0.4 is 5.73 Å². The zero-order valence-corrected chi connectivity index (χ0v) is 12.0. The molecule has 3 heterocycles. The Balaban J connectivity index is 1.84. The molecular weight excluding hydrogens is 314 g/mol. The molecule has 4 N–H and O–H groups in total. The van der Waals surface area contributed by atoms with Crippen LogP contribution in [-0.4, -0.2) is 60.2 Å². The van der Waals surface area contributed by atoms with E-state index in [0.29, 0.717) is 11.2 Å². The van der Waals surface area contributed by atoms with Crippen molar-refractivity contribution in [1.29, 1.82) is 0 Å². The Morgan fingerprint density at radius 3 is 2.95 bits per heavy atom. The highest BCUT2D eigenvalue weighted by Gasteiger charge is 2.44. The van der Waals surface area contributed by atoms with Crippen molar-refractivity contribution in [1.82, 2.24) is 19.5 Å². The summed E-state index contributed by atoms with van der Waals surface area (Å²) in [4.78, 5) is 21.2. The fraction of sp³-hybridized carbons (Fsp3) is 0.455. The number of nitrogens with zero attached hydrogens (tertiary/aromatic N) is 4. The number of nitrogens with two attached hydrogens (primary N) is 1. The maximum atomic E-state index is 10.2. The molecule has 0 aromatic carbocycles. The molecule has 11 heteroatoms. The molecule has 0 aliphatic carbocycles. The molecule has 1 aliphatic rings. The van der Waals surface area contributed by atoms with Crippen molar-refractivity contribution in [2.75, 3.05) is 12.3 Å². The number of ether oxygens (including phenoxy) is 1. The third-order valence-electron chi connectivity index (χ3n) is 3.34. The summed E-state index contributed by atoms with van der Waals surface area (Å²) in [7, 11) is 0. The average molecular weight is 327 g/mol. The third kappa shape index (κ3) is 2.48. The second-order valence-electron chi connectivity index (χ2n) is 4.61. The molecule has 0 radical (unpaired) electrons. The van der Waals surface area contributed by atoms with Crippen molar-refractivity contribution in [3.63, 3.8) is 0 Å². The largest absolute Gasteiger partial charge is 0.387 e. The number of thiocarbonyl (C=S) groups is 1. The first-order chi connectivity index (χ1) is 10.6. The lowest BCUT2D eigenvalue weighted by Gasteiger charge is -2.16. The van der Waals surface area contributed by atoms with Crippen LogP contribution in [-0.2, 0) is 14.5 Å². The van der Waals surface area contributed by atoms with Crippen LogP contribution in [0, 0.1) is 0 Å². The number of fused-ring (bicyclic) bond motifs is 1. The Bertz CT molecular complexity index is 682.